The Morgan fingerprint density at radius 1 is 1.00 bits per heavy atom. The topological polar surface area (TPSA) is 58.2 Å². The molecule has 2 amide bonds. The van der Waals surface area contributed by atoms with Crippen LogP contribution >= 0.6 is 0 Å². The maximum atomic E-state index is 13.6. The highest BCUT2D eigenvalue weighted by Crippen LogP contribution is 2.16. The maximum Gasteiger partial charge on any atom is 0.255 e. The third-order valence-electron chi connectivity index (χ3n) is 3.24. The largest absolute Gasteiger partial charge is 0.352 e. The van der Waals surface area contributed by atoms with E-state index in [9.17, 15) is 18.4 Å². The number of nitrogens with one attached hydrogen (secondary N) is 2. The molecule has 4 nitrogen and oxygen atoms in total. The summed E-state index contributed by atoms with van der Waals surface area (Å²) in [7, 11) is 0. The zero-order valence-corrected chi connectivity index (χ0v) is 13.4. The van der Waals surface area contributed by atoms with Crippen molar-refractivity contribution in [3.8, 4) is 0 Å². The SMILES string of the molecule is CC(C)CNC(=O)c1cccc(C(=O)Nc2ccc(F)cc2F)c1. The van der Waals surface area contributed by atoms with Crippen LogP contribution in [0.15, 0.2) is 42.5 Å². The van der Waals surface area contributed by atoms with E-state index < -0.39 is 17.5 Å². The second-order valence-electron chi connectivity index (χ2n) is 5.76. The summed E-state index contributed by atoms with van der Waals surface area (Å²) in [4.78, 5) is 24.2. The summed E-state index contributed by atoms with van der Waals surface area (Å²) in [6.45, 7) is 4.47. The van der Waals surface area contributed by atoms with Crippen LogP contribution in [0.2, 0.25) is 0 Å². The number of hydrogen-bond acceptors (Lipinski definition) is 2. The Labute approximate surface area is 138 Å². The van der Waals surface area contributed by atoms with Gasteiger partial charge in [-0.1, -0.05) is 19.9 Å². The second-order valence-corrected chi connectivity index (χ2v) is 5.76. The number of amides is 2. The van der Waals surface area contributed by atoms with E-state index in [1.54, 1.807) is 12.1 Å². The van der Waals surface area contributed by atoms with E-state index >= 15 is 0 Å². The minimum atomic E-state index is -0.866. The number of anilines is 1. The fourth-order valence-electron chi connectivity index (χ4n) is 1.99. The predicted octanol–water partition coefficient (Wildman–Crippen LogP) is 3.60. The van der Waals surface area contributed by atoms with E-state index in [2.05, 4.69) is 10.6 Å². The number of benzene rings is 2. The van der Waals surface area contributed by atoms with Crippen LogP contribution in [-0.2, 0) is 0 Å². The van der Waals surface area contributed by atoms with Crippen molar-refractivity contribution in [3.05, 3.63) is 65.2 Å². The van der Waals surface area contributed by atoms with Crippen molar-refractivity contribution in [1.29, 1.82) is 0 Å². The number of hydrogen-bond donors (Lipinski definition) is 2. The van der Waals surface area contributed by atoms with Crippen molar-refractivity contribution in [2.75, 3.05) is 11.9 Å². The van der Waals surface area contributed by atoms with Gasteiger partial charge in [0, 0.05) is 23.7 Å². The molecule has 2 rings (SSSR count). The van der Waals surface area contributed by atoms with E-state index in [4.69, 9.17) is 0 Å². The van der Waals surface area contributed by atoms with Crippen LogP contribution in [0.1, 0.15) is 34.6 Å². The predicted molar refractivity (Wildman–Crippen MR) is 87.9 cm³/mol. The lowest BCUT2D eigenvalue weighted by molar-refractivity contribution is 0.0949. The van der Waals surface area contributed by atoms with Gasteiger partial charge in [0.05, 0.1) is 5.69 Å². The van der Waals surface area contributed by atoms with Crippen LogP contribution in [0.5, 0.6) is 0 Å². The van der Waals surface area contributed by atoms with E-state index in [1.807, 2.05) is 13.8 Å². The molecule has 0 saturated carbocycles. The number of carbonyl (C=O) groups excluding carboxylic acids is 2. The van der Waals surface area contributed by atoms with Crippen molar-refractivity contribution in [2.45, 2.75) is 13.8 Å². The Hall–Kier alpha value is -2.76. The molecular weight excluding hydrogens is 314 g/mol. The monoisotopic (exact) mass is 332 g/mol. The Morgan fingerprint density at radius 3 is 2.29 bits per heavy atom. The minimum absolute atomic E-state index is 0.129. The van der Waals surface area contributed by atoms with Gasteiger partial charge in [-0.15, -0.1) is 0 Å². The Morgan fingerprint density at radius 2 is 1.67 bits per heavy atom. The summed E-state index contributed by atoms with van der Waals surface area (Å²) in [6, 6.07) is 8.97. The molecule has 2 aromatic rings. The molecule has 0 spiro atoms. The van der Waals surface area contributed by atoms with Gasteiger partial charge in [-0.3, -0.25) is 9.59 Å². The first kappa shape index (κ1) is 17.6. The molecular formula is C18H18F2N2O2. The summed E-state index contributed by atoms with van der Waals surface area (Å²) in [5, 5.41) is 5.12. The molecule has 0 aromatic heterocycles. The zero-order chi connectivity index (χ0) is 17.7. The molecule has 0 heterocycles. The lowest BCUT2D eigenvalue weighted by atomic mass is 10.1. The molecule has 24 heavy (non-hydrogen) atoms. The van der Waals surface area contributed by atoms with Crippen molar-refractivity contribution in [3.63, 3.8) is 0 Å². The van der Waals surface area contributed by atoms with Crippen LogP contribution in [0.25, 0.3) is 0 Å². The van der Waals surface area contributed by atoms with Crippen LogP contribution in [0, 0.1) is 17.6 Å². The number of halogens is 2. The standard InChI is InChI=1S/C18H18F2N2O2/c1-11(2)10-21-17(23)12-4-3-5-13(8-12)18(24)22-16-7-6-14(19)9-15(16)20/h3-9,11H,10H2,1-2H3,(H,21,23)(H,22,24). The van der Waals surface area contributed by atoms with Gasteiger partial charge in [-0.05, 0) is 36.2 Å². The van der Waals surface area contributed by atoms with Crippen LogP contribution in [0.4, 0.5) is 14.5 Å². The first-order valence-corrected chi connectivity index (χ1v) is 7.51. The normalized spacial score (nSPS) is 10.5. The molecule has 0 aliphatic heterocycles. The van der Waals surface area contributed by atoms with Gasteiger partial charge in [-0.2, -0.15) is 0 Å². The summed E-state index contributed by atoms with van der Waals surface area (Å²) < 4.78 is 26.5. The molecule has 126 valence electrons. The van der Waals surface area contributed by atoms with Gasteiger partial charge < -0.3 is 10.6 Å². The molecule has 0 radical (unpaired) electrons. The van der Waals surface area contributed by atoms with Gasteiger partial charge in [0.25, 0.3) is 11.8 Å². The third-order valence-corrected chi connectivity index (χ3v) is 3.24. The Bertz CT molecular complexity index is 760. The van der Waals surface area contributed by atoms with Gasteiger partial charge in [0.1, 0.15) is 11.6 Å². The van der Waals surface area contributed by atoms with E-state index in [0.717, 1.165) is 12.1 Å². The summed E-state index contributed by atoms with van der Waals surface area (Å²) in [5.41, 5.74) is 0.412. The van der Waals surface area contributed by atoms with Crippen molar-refractivity contribution in [2.24, 2.45) is 5.92 Å². The summed E-state index contributed by atoms with van der Waals surface area (Å²) >= 11 is 0. The van der Waals surface area contributed by atoms with Gasteiger partial charge >= 0.3 is 0 Å². The lowest BCUT2D eigenvalue weighted by Gasteiger charge is -2.09. The third kappa shape index (κ3) is 4.62. The van der Waals surface area contributed by atoms with Crippen molar-refractivity contribution < 1.29 is 18.4 Å². The Kier molecular flexibility index (Phi) is 5.63. The quantitative estimate of drug-likeness (QED) is 0.879. The van der Waals surface area contributed by atoms with Crippen LogP contribution in [-0.4, -0.2) is 18.4 Å². The lowest BCUT2D eigenvalue weighted by Crippen LogP contribution is -2.27. The average molecular weight is 332 g/mol. The molecule has 0 aliphatic carbocycles. The van der Waals surface area contributed by atoms with E-state index in [-0.39, 0.29) is 17.2 Å². The van der Waals surface area contributed by atoms with Crippen molar-refractivity contribution in [1.82, 2.24) is 5.32 Å². The average Bonchev–Trinajstić information content (AvgIpc) is 2.55. The molecule has 0 fully saturated rings. The molecule has 0 bridgehead atoms. The molecule has 6 heteroatoms. The first-order valence-electron chi connectivity index (χ1n) is 7.51. The van der Waals surface area contributed by atoms with Crippen LogP contribution in [0.3, 0.4) is 0 Å². The summed E-state index contributed by atoms with van der Waals surface area (Å²) in [5.74, 6) is -2.16. The van der Waals surface area contributed by atoms with Crippen LogP contribution < -0.4 is 10.6 Å². The van der Waals surface area contributed by atoms with Gasteiger partial charge in [0.2, 0.25) is 0 Å². The highest BCUT2D eigenvalue weighted by molar-refractivity contribution is 6.06. The fourth-order valence-corrected chi connectivity index (χ4v) is 1.99. The van der Waals surface area contributed by atoms with E-state index in [0.29, 0.717) is 24.1 Å². The highest BCUT2D eigenvalue weighted by atomic mass is 19.1. The molecule has 0 aliphatic rings. The fraction of sp³-hybridized carbons (Fsp3) is 0.222. The molecule has 0 saturated heterocycles. The second kappa shape index (κ2) is 7.68. The molecule has 2 N–H and O–H groups in total. The number of carbonyl (C=O) groups is 2. The molecule has 0 atom stereocenters. The maximum absolute atomic E-state index is 13.6. The first-order chi connectivity index (χ1) is 11.4. The highest BCUT2D eigenvalue weighted by Gasteiger charge is 2.13. The van der Waals surface area contributed by atoms with Crippen molar-refractivity contribution >= 4 is 17.5 Å². The smallest absolute Gasteiger partial charge is 0.255 e. The molecule has 0 unspecified atom stereocenters. The minimum Gasteiger partial charge on any atom is -0.352 e. The summed E-state index contributed by atoms with van der Waals surface area (Å²) in [6.07, 6.45) is 0. The molecule has 2 aromatic carbocycles. The van der Waals surface area contributed by atoms with Gasteiger partial charge in [0.15, 0.2) is 0 Å². The Balaban J connectivity index is 2.12. The zero-order valence-electron chi connectivity index (χ0n) is 13.4. The van der Waals surface area contributed by atoms with E-state index in [1.165, 1.54) is 12.1 Å². The van der Waals surface area contributed by atoms with Gasteiger partial charge in [-0.25, -0.2) is 8.78 Å². The number of rotatable bonds is 5.